The molecule has 15 heavy (non-hydrogen) atoms. The van der Waals surface area contributed by atoms with Gasteiger partial charge in [0.25, 0.3) is 0 Å². The molecule has 0 radical (unpaired) electrons. The van der Waals surface area contributed by atoms with E-state index < -0.39 is 0 Å². The maximum absolute atomic E-state index is 9.24. The van der Waals surface area contributed by atoms with E-state index in [2.05, 4.69) is 0 Å². The molecule has 0 fully saturated rings. The van der Waals surface area contributed by atoms with Crippen LogP contribution in [0.5, 0.6) is 11.5 Å². The number of fused-ring (bicyclic) bond motifs is 1. The van der Waals surface area contributed by atoms with Gasteiger partial charge in [-0.15, -0.1) is 0 Å². The van der Waals surface area contributed by atoms with Gasteiger partial charge in [0.05, 0.1) is 13.7 Å². The van der Waals surface area contributed by atoms with Crippen molar-refractivity contribution in [3.05, 3.63) is 23.3 Å². The fourth-order valence-corrected chi connectivity index (χ4v) is 2.00. The summed E-state index contributed by atoms with van der Waals surface area (Å²) in [6, 6.07) is 3.73. The summed E-state index contributed by atoms with van der Waals surface area (Å²) in [7, 11) is 1.63. The van der Waals surface area contributed by atoms with Gasteiger partial charge in [-0.25, -0.2) is 0 Å². The third-order valence-electron chi connectivity index (χ3n) is 2.69. The molecular weight excluding hydrogens is 192 g/mol. The zero-order valence-corrected chi connectivity index (χ0v) is 9.33. The van der Waals surface area contributed by atoms with Crippen LogP contribution in [0.25, 0.3) is 0 Å². The zero-order chi connectivity index (χ0) is 11.1. The topological polar surface area (TPSA) is 38.7 Å². The Morgan fingerprint density at radius 1 is 1.47 bits per heavy atom. The van der Waals surface area contributed by atoms with Crippen LogP contribution >= 0.6 is 0 Å². The summed E-state index contributed by atoms with van der Waals surface area (Å²) >= 11 is 0. The molecule has 1 aliphatic heterocycles. The minimum Gasteiger partial charge on any atom is -0.493 e. The molecule has 0 aromatic heterocycles. The first-order valence-corrected chi connectivity index (χ1v) is 5.06. The summed E-state index contributed by atoms with van der Waals surface area (Å²) in [5.41, 5.74) is 1.79. The molecule has 0 amide bonds. The molecule has 0 saturated carbocycles. The number of ether oxygens (including phenoxy) is 2. The molecule has 0 atom stereocenters. The molecule has 0 bridgehead atoms. The molecule has 3 nitrogen and oxygen atoms in total. The van der Waals surface area contributed by atoms with Crippen molar-refractivity contribution >= 4 is 0 Å². The van der Waals surface area contributed by atoms with E-state index in [1.54, 1.807) is 7.11 Å². The van der Waals surface area contributed by atoms with Crippen LogP contribution < -0.4 is 9.47 Å². The van der Waals surface area contributed by atoms with Crippen LogP contribution in [-0.4, -0.2) is 17.8 Å². The van der Waals surface area contributed by atoms with Gasteiger partial charge >= 0.3 is 0 Å². The molecule has 1 aromatic carbocycles. The Kier molecular flexibility index (Phi) is 2.35. The monoisotopic (exact) mass is 208 g/mol. The highest BCUT2D eigenvalue weighted by Gasteiger charge is 2.33. The average Bonchev–Trinajstić information content (AvgIpc) is 2.51. The van der Waals surface area contributed by atoms with Crippen molar-refractivity contribution in [2.75, 3.05) is 7.11 Å². The van der Waals surface area contributed by atoms with Crippen molar-refractivity contribution in [2.24, 2.45) is 0 Å². The third-order valence-corrected chi connectivity index (χ3v) is 2.69. The summed E-state index contributed by atoms with van der Waals surface area (Å²) in [6.45, 7) is 4.12. The van der Waals surface area contributed by atoms with Gasteiger partial charge in [0.15, 0.2) is 11.5 Å². The van der Waals surface area contributed by atoms with E-state index in [1.165, 1.54) is 0 Å². The minimum atomic E-state index is -0.207. The van der Waals surface area contributed by atoms with Crippen molar-refractivity contribution in [1.82, 2.24) is 0 Å². The van der Waals surface area contributed by atoms with E-state index in [0.717, 1.165) is 29.0 Å². The van der Waals surface area contributed by atoms with Crippen LogP contribution in [0.3, 0.4) is 0 Å². The normalized spacial score (nSPS) is 17.1. The second kappa shape index (κ2) is 3.42. The molecule has 1 aromatic rings. The Bertz CT molecular complexity index is 348. The summed E-state index contributed by atoms with van der Waals surface area (Å²) < 4.78 is 11.1. The first-order chi connectivity index (χ1) is 7.07. The lowest BCUT2D eigenvalue weighted by atomic mass is 9.97. The summed E-state index contributed by atoms with van der Waals surface area (Å²) in [5.74, 6) is 1.53. The molecule has 3 heteroatoms. The highest BCUT2D eigenvalue weighted by atomic mass is 16.5. The van der Waals surface area contributed by atoms with Crippen molar-refractivity contribution in [1.29, 1.82) is 0 Å². The number of aliphatic hydroxyl groups excluding tert-OH is 1. The van der Waals surface area contributed by atoms with E-state index in [1.807, 2.05) is 26.0 Å². The lowest BCUT2D eigenvalue weighted by Gasteiger charge is -2.17. The Hall–Kier alpha value is -1.22. The highest BCUT2D eigenvalue weighted by molar-refractivity contribution is 5.53. The van der Waals surface area contributed by atoms with Crippen molar-refractivity contribution in [3.63, 3.8) is 0 Å². The van der Waals surface area contributed by atoms with Gasteiger partial charge < -0.3 is 14.6 Å². The number of methoxy groups -OCH3 is 1. The average molecular weight is 208 g/mol. The van der Waals surface area contributed by atoms with Gasteiger partial charge in [0.1, 0.15) is 5.60 Å². The highest BCUT2D eigenvalue weighted by Crippen LogP contribution is 2.43. The Morgan fingerprint density at radius 3 is 2.80 bits per heavy atom. The lowest BCUT2D eigenvalue weighted by molar-refractivity contribution is 0.134. The van der Waals surface area contributed by atoms with Gasteiger partial charge in [-0.3, -0.25) is 0 Å². The van der Waals surface area contributed by atoms with Crippen molar-refractivity contribution in [3.8, 4) is 11.5 Å². The maximum atomic E-state index is 9.24. The van der Waals surface area contributed by atoms with Gasteiger partial charge in [-0.1, -0.05) is 6.07 Å². The molecule has 1 N–H and O–H groups in total. The van der Waals surface area contributed by atoms with E-state index in [4.69, 9.17) is 9.47 Å². The SMILES string of the molecule is COc1ccc(CO)c2c1OC(C)(C)C2. The first kappa shape index (κ1) is 10.3. The number of hydrogen-bond acceptors (Lipinski definition) is 3. The predicted molar refractivity (Wildman–Crippen MR) is 57.3 cm³/mol. The third kappa shape index (κ3) is 1.67. The van der Waals surface area contributed by atoms with Crippen LogP contribution in [0, 0.1) is 0 Å². The molecule has 82 valence electrons. The maximum Gasteiger partial charge on any atom is 0.165 e. The van der Waals surface area contributed by atoms with Gasteiger partial charge in [0, 0.05) is 12.0 Å². The number of rotatable bonds is 2. The number of aliphatic hydroxyl groups is 1. The summed E-state index contributed by atoms with van der Waals surface area (Å²) in [6.07, 6.45) is 0.815. The van der Waals surface area contributed by atoms with Crippen molar-refractivity contribution in [2.45, 2.75) is 32.5 Å². The van der Waals surface area contributed by atoms with Gasteiger partial charge in [0.2, 0.25) is 0 Å². The minimum absolute atomic E-state index is 0.0474. The molecule has 0 unspecified atom stereocenters. The standard InChI is InChI=1S/C12H16O3/c1-12(2)6-9-8(7-13)4-5-10(14-3)11(9)15-12/h4-5,13H,6-7H2,1-3H3. The quantitative estimate of drug-likeness (QED) is 0.806. The van der Waals surface area contributed by atoms with Crippen LogP contribution in [-0.2, 0) is 13.0 Å². The fourth-order valence-electron chi connectivity index (χ4n) is 2.00. The fraction of sp³-hybridized carbons (Fsp3) is 0.500. The van der Waals surface area contributed by atoms with Crippen LogP contribution in [0.15, 0.2) is 12.1 Å². The Balaban J connectivity index is 2.52. The predicted octanol–water partition coefficient (Wildman–Crippen LogP) is 1.90. The largest absolute Gasteiger partial charge is 0.493 e. The molecule has 0 saturated heterocycles. The number of hydrogen-bond donors (Lipinski definition) is 1. The Morgan fingerprint density at radius 2 is 2.20 bits per heavy atom. The van der Waals surface area contributed by atoms with E-state index >= 15 is 0 Å². The van der Waals surface area contributed by atoms with E-state index in [0.29, 0.717) is 0 Å². The summed E-state index contributed by atoms with van der Waals surface area (Å²) in [4.78, 5) is 0. The second-order valence-electron chi connectivity index (χ2n) is 4.43. The molecule has 0 aliphatic carbocycles. The molecule has 2 rings (SSSR count). The van der Waals surface area contributed by atoms with Crippen LogP contribution in [0.1, 0.15) is 25.0 Å². The lowest BCUT2D eigenvalue weighted by Crippen LogP contribution is -2.24. The molecule has 0 spiro atoms. The van der Waals surface area contributed by atoms with Crippen LogP contribution in [0.4, 0.5) is 0 Å². The second-order valence-corrected chi connectivity index (χ2v) is 4.43. The zero-order valence-electron chi connectivity index (χ0n) is 9.33. The molecule has 1 heterocycles. The molecule has 1 aliphatic rings. The van der Waals surface area contributed by atoms with E-state index in [-0.39, 0.29) is 12.2 Å². The summed E-state index contributed by atoms with van der Waals surface area (Å²) in [5, 5.41) is 9.24. The first-order valence-electron chi connectivity index (χ1n) is 5.06. The van der Waals surface area contributed by atoms with E-state index in [9.17, 15) is 5.11 Å². The smallest absolute Gasteiger partial charge is 0.165 e. The van der Waals surface area contributed by atoms with Gasteiger partial charge in [-0.2, -0.15) is 0 Å². The van der Waals surface area contributed by atoms with Gasteiger partial charge in [-0.05, 0) is 25.5 Å². The van der Waals surface area contributed by atoms with Crippen molar-refractivity contribution < 1.29 is 14.6 Å². The molecular formula is C12H16O3. The van der Waals surface area contributed by atoms with Crippen LogP contribution in [0.2, 0.25) is 0 Å². The number of benzene rings is 1. The Labute approximate surface area is 89.6 Å².